The largest absolute Gasteiger partial charge is 0.294 e. The minimum atomic E-state index is 0.0727. The van der Waals surface area contributed by atoms with Gasteiger partial charge in [0.25, 0.3) is 0 Å². The van der Waals surface area contributed by atoms with E-state index in [4.69, 9.17) is 0 Å². The van der Waals surface area contributed by atoms with Crippen molar-refractivity contribution in [2.75, 3.05) is 0 Å². The molecule has 32 heavy (non-hydrogen) atoms. The summed E-state index contributed by atoms with van der Waals surface area (Å²) < 4.78 is 0. The Hall–Kier alpha value is -3.78. The van der Waals surface area contributed by atoms with Crippen LogP contribution >= 0.6 is 0 Å². The number of rotatable bonds is 7. The van der Waals surface area contributed by atoms with Crippen LogP contribution in [0.5, 0.6) is 0 Å². The number of carbonyl (C=O) groups excluding carboxylic acids is 2. The molecule has 0 aromatic heterocycles. The summed E-state index contributed by atoms with van der Waals surface area (Å²) in [7, 11) is 0. The van der Waals surface area contributed by atoms with Crippen molar-refractivity contribution in [3.63, 3.8) is 0 Å². The van der Waals surface area contributed by atoms with Gasteiger partial charge in [-0.15, -0.1) is 0 Å². The first kappa shape index (κ1) is 22.9. The average molecular weight is 421 g/mol. The lowest BCUT2D eigenvalue weighted by atomic mass is 9.99. The monoisotopic (exact) mass is 420 g/mol. The SMILES string of the molecule is O=C(C=CC1C=CC=CC1)c1ccccc1.O=C(CCc1ccccc1)c1ccccc1. The summed E-state index contributed by atoms with van der Waals surface area (Å²) in [5, 5.41) is 0. The maximum atomic E-state index is 11.8. The molecular formula is C30H28O2. The quantitative estimate of drug-likeness (QED) is 0.303. The molecule has 0 fully saturated rings. The van der Waals surface area contributed by atoms with Gasteiger partial charge in [0.15, 0.2) is 11.6 Å². The second kappa shape index (κ2) is 12.8. The fraction of sp³-hybridized carbons (Fsp3) is 0.133. The molecule has 0 amide bonds. The first-order valence-corrected chi connectivity index (χ1v) is 11.0. The van der Waals surface area contributed by atoms with Crippen LogP contribution in [0, 0.1) is 5.92 Å². The van der Waals surface area contributed by atoms with Crippen LogP contribution in [0.15, 0.2) is 127 Å². The van der Waals surface area contributed by atoms with Crippen molar-refractivity contribution >= 4 is 11.6 Å². The van der Waals surface area contributed by atoms with Gasteiger partial charge in [-0.25, -0.2) is 0 Å². The summed E-state index contributed by atoms with van der Waals surface area (Å²) in [6.45, 7) is 0. The highest BCUT2D eigenvalue weighted by Crippen LogP contribution is 2.13. The van der Waals surface area contributed by atoms with E-state index in [9.17, 15) is 9.59 Å². The van der Waals surface area contributed by atoms with Crippen LogP contribution < -0.4 is 0 Å². The Morgan fingerprint density at radius 3 is 1.94 bits per heavy atom. The molecule has 1 atom stereocenters. The number of carbonyl (C=O) groups is 2. The van der Waals surface area contributed by atoms with E-state index < -0.39 is 0 Å². The topological polar surface area (TPSA) is 34.1 Å². The van der Waals surface area contributed by atoms with E-state index in [1.807, 2.05) is 97.1 Å². The fourth-order valence-corrected chi connectivity index (χ4v) is 3.32. The molecule has 0 aliphatic heterocycles. The van der Waals surface area contributed by atoms with E-state index >= 15 is 0 Å². The average Bonchev–Trinajstić information content (AvgIpc) is 2.88. The van der Waals surface area contributed by atoms with E-state index in [-0.39, 0.29) is 11.6 Å². The molecule has 0 saturated heterocycles. The van der Waals surface area contributed by atoms with Gasteiger partial charge < -0.3 is 0 Å². The Bertz CT molecular complexity index is 1060. The van der Waals surface area contributed by atoms with Crippen molar-refractivity contribution in [1.82, 2.24) is 0 Å². The van der Waals surface area contributed by atoms with Crippen molar-refractivity contribution < 1.29 is 9.59 Å². The lowest BCUT2D eigenvalue weighted by Crippen LogP contribution is -2.00. The molecule has 160 valence electrons. The third-order valence-electron chi connectivity index (χ3n) is 5.15. The Balaban J connectivity index is 0.000000181. The zero-order chi connectivity index (χ0) is 22.4. The molecule has 0 heterocycles. The van der Waals surface area contributed by atoms with Crippen molar-refractivity contribution in [1.29, 1.82) is 0 Å². The zero-order valence-corrected chi connectivity index (χ0v) is 18.1. The number of hydrogen-bond acceptors (Lipinski definition) is 2. The minimum absolute atomic E-state index is 0.0727. The molecule has 2 heteroatoms. The molecule has 0 bridgehead atoms. The van der Waals surface area contributed by atoms with Crippen LogP contribution in [0.3, 0.4) is 0 Å². The maximum absolute atomic E-state index is 11.8. The molecule has 1 unspecified atom stereocenters. The first-order valence-electron chi connectivity index (χ1n) is 11.0. The second-order valence-corrected chi connectivity index (χ2v) is 7.58. The molecule has 4 rings (SSSR count). The normalized spacial score (nSPS) is 14.6. The number of benzene rings is 3. The Morgan fingerprint density at radius 1 is 0.750 bits per heavy atom. The Kier molecular flexibility index (Phi) is 9.17. The molecular weight excluding hydrogens is 392 g/mol. The van der Waals surface area contributed by atoms with Gasteiger partial charge in [0.05, 0.1) is 0 Å². The van der Waals surface area contributed by atoms with Gasteiger partial charge in [0, 0.05) is 17.5 Å². The molecule has 0 spiro atoms. The van der Waals surface area contributed by atoms with Gasteiger partial charge in [-0.2, -0.15) is 0 Å². The highest BCUT2D eigenvalue weighted by Gasteiger charge is 2.05. The molecule has 1 aliphatic carbocycles. The van der Waals surface area contributed by atoms with Crippen LogP contribution in [0.2, 0.25) is 0 Å². The Morgan fingerprint density at radius 2 is 1.34 bits per heavy atom. The van der Waals surface area contributed by atoms with Gasteiger partial charge >= 0.3 is 0 Å². The molecule has 3 aromatic rings. The standard InChI is InChI=1S/2C15H14O/c2*16-15(14-9-5-2-6-10-14)12-11-13-7-3-1-4-8-13/h1-7,9-13H,8H2;1-10H,11-12H2. The maximum Gasteiger partial charge on any atom is 0.185 e. The van der Waals surface area contributed by atoms with Crippen molar-refractivity contribution in [3.05, 3.63) is 144 Å². The molecule has 3 aromatic carbocycles. The number of aryl methyl sites for hydroxylation is 1. The van der Waals surface area contributed by atoms with E-state index in [2.05, 4.69) is 24.3 Å². The molecule has 0 saturated carbocycles. The number of allylic oxidation sites excluding steroid dienone is 6. The van der Waals surface area contributed by atoms with E-state index in [1.54, 1.807) is 6.08 Å². The summed E-state index contributed by atoms with van der Waals surface area (Å²) in [6.07, 6.45) is 14.3. The van der Waals surface area contributed by atoms with Gasteiger partial charge in [0.1, 0.15) is 0 Å². The molecule has 1 aliphatic rings. The predicted molar refractivity (Wildman–Crippen MR) is 132 cm³/mol. The molecule has 2 nitrogen and oxygen atoms in total. The van der Waals surface area contributed by atoms with Gasteiger partial charge in [-0.1, -0.05) is 121 Å². The zero-order valence-electron chi connectivity index (χ0n) is 18.1. The summed E-state index contributed by atoms with van der Waals surface area (Å²) in [5.41, 5.74) is 2.76. The van der Waals surface area contributed by atoms with Crippen molar-refractivity contribution in [2.45, 2.75) is 19.3 Å². The molecule has 0 radical (unpaired) electrons. The highest BCUT2D eigenvalue weighted by molar-refractivity contribution is 6.04. The number of ketones is 2. The van der Waals surface area contributed by atoms with Gasteiger partial charge in [-0.3, -0.25) is 9.59 Å². The number of Topliss-reactive ketones (excluding diaryl/α,β-unsaturated/α-hetero) is 1. The first-order chi connectivity index (χ1) is 15.7. The lowest BCUT2D eigenvalue weighted by molar-refractivity contribution is 0.0982. The van der Waals surface area contributed by atoms with Crippen LogP contribution in [0.4, 0.5) is 0 Å². The third kappa shape index (κ3) is 7.81. The second-order valence-electron chi connectivity index (χ2n) is 7.58. The smallest absolute Gasteiger partial charge is 0.185 e. The van der Waals surface area contributed by atoms with E-state index in [0.717, 1.165) is 24.0 Å². The summed E-state index contributed by atoms with van der Waals surface area (Å²) in [4.78, 5) is 23.6. The predicted octanol–water partition coefficient (Wildman–Crippen LogP) is 7.06. The number of hydrogen-bond donors (Lipinski definition) is 0. The third-order valence-corrected chi connectivity index (χ3v) is 5.15. The van der Waals surface area contributed by atoms with Gasteiger partial charge in [0.2, 0.25) is 0 Å². The summed E-state index contributed by atoms with van der Waals surface area (Å²) in [6, 6.07) is 28.9. The van der Waals surface area contributed by atoms with Crippen LogP contribution in [0.1, 0.15) is 39.1 Å². The lowest BCUT2D eigenvalue weighted by Gasteiger charge is -2.06. The van der Waals surface area contributed by atoms with Crippen LogP contribution in [-0.4, -0.2) is 11.6 Å². The van der Waals surface area contributed by atoms with Gasteiger partial charge in [-0.05, 0) is 30.4 Å². The molecule has 0 N–H and O–H groups in total. The summed E-state index contributed by atoms with van der Waals surface area (Å²) >= 11 is 0. The minimum Gasteiger partial charge on any atom is -0.294 e. The van der Waals surface area contributed by atoms with Crippen LogP contribution in [0.25, 0.3) is 0 Å². The van der Waals surface area contributed by atoms with E-state index in [1.165, 1.54) is 5.56 Å². The van der Waals surface area contributed by atoms with Crippen molar-refractivity contribution in [3.8, 4) is 0 Å². The van der Waals surface area contributed by atoms with Crippen molar-refractivity contribution in [2.24, 2.45) is 5.92 Å². The van der Waals surface area contributed by atoms with E-state index in [0.29, 0.717) is 12.3 Å². The van der Waals surface area contributed by atoms with Crippen LogP contribution in [-0.2, 0) is 6.42 Å². The fourth-order valence-electron chi connectivity index (χ4n) is 3.32. The summed E-state index contributed by atoms with van der Waals surface area (Å²) in [5.74, 6) is 0.644. The highest BCUT2D eigenvalue weighted by atomic mass is 16.1. The Labute approximate surface area is 190 Å².